The van der Waals surface area contributed by atoms with Crippen LogP contribution in [0.2, 0.25) is 0 Å². The van der Waals surface area contributed by atoms with E-state index in [1.54, 1.807) is 6.07 Å². The number of ketones is 1. The Morgan fingerprint density at radius 3 is 2.29 bits per heavy atom. The summed E-state index contributed by atoms with van der Waals surface area (Å²) in [5.74, 6) is 0.109. The molecule has 3 heterocycles. The third kappa shape index (κ3) is 4.91. The topological polar surface area (TPSA) is 74.7 Å². The van der Waals surface area contributed by atoms with Gasteiger partial charge in [0, 0.05) is 45.3 Å². The van der Waals surface area contributed by atoms with E-state index in [-0.39, 0.29) is 23.6 Å². The van der Waals surface area contributed by atoms with Gasteiger partial charge in [0.15, 0.2) is 5.78 Å². The molecule has 7 heteroatoms. The number of hydrogen-bond acceptors (Lipinski definition) is 4. The molecule has 0 saturated carbocycles. The number of carbonyl (C=O) groups is 3. The minimum Gasteiger partial charge on any atom is -0.350 e. The zero-order valence-corrected chi connectivity index (χ0v) is 19.7. The van der Waals surface area contributed by atoms with Crippen molar-refractivity contribution in [3.63, 3.8) is 0 Å². The van der Waals surface area contributed by atoms with Crippen LogP contribution in [0.25, 0.3) is 0 Å². The van der Waals surface area contributed by atoms with Gasteiger partial charge in [-0.1, -0.05) is 60.7 Å². The van der Waals surface area contributed by atoms with Crippen molar-refractivity contribution >= 4 is 17.6 Å². The quantitative estimate of drug-likeness (QED) is 0.600. The number of carbonyl (C=O) groups excluding carboxylic acids is 3. The van der Waals surface area contributed by atoms with Crippen molar-refractivity contribution in [2.75, 3.05) is 26.2 Å². The molecule has 7 nitrogen and oxygen atoms in total. The van der Waals surface area contributed by atoms with Gasteiger partial charge < -0.3 is 14.8 Å². The van der Waals surface area contributed by atoms with Gasteiger partial charge in [0.05, 0.1) is 5.69 Å². The van der Waals surface area contributed by atoms with Crippen LogP contribution in [-0.2, 0) is 16.1 Å². The predicted molar refractivity (Wildman–Crippen MR) is 133 cm³/mol. The van der Waals surface area contributed by atoms with Crippen molar-refractivity contribution in [2.24, 2.45) is 0 Å². The molecular weight excluding hydrogens is 440 g/mol. The molecule has 1 N–H and O–H groups in total. The normalized spacial score (nSPS) is 19.1. The highest BCUT2D eigenvalue weighted by atomic mass is 16.2. The average Bonchev–Trinajstić information content (AvgIpc) is 3.40. The Labute approximate surface area is 205 Å². The Balaban J connectivity index is 1.26. The van der Waals surface area contributed by atoms with Gasteiger partial charge in [-0.25, -0.2) is 0 Å². The second-order valence-electron chi connectivity index (χ2n) is 9.16. The first-order chi connectivity index (χ1) is 17.1. The second kappa shape index (κ2) is 10.3. The Morgan fingerprint density at radius 1 is 0.886 bits per heavy atom. The summed E-state index contributed by atoms with van der Waals surface area (Å²) >= 11 is 0. The Kier molecular flexibility index (Phi) is 6.77. The molecule has 0 spiro atoms. The van der Waals surface area contributed by atoms with Crippen molar-refractivity contribution in [3.8, 4) is 0 Å². The van der Waals surface area contributed by atoms with Crippen molar-refractivity contribution in [1.29, 1.82) is 0 Å². The lowest BCUT2D eigenvalue weighted by molar-refractivity contribution is -0.138. The average molecular weight is 471 g/mol. The van der Waals surface area contributed by atoms with Crippen LogP contribution in [0.1, 0.15) is 46.5 Å². The van der Waals surface area contributed by atoms with Crippen LogP contribution >= 0.6 is 0 Å². The predicted octanol–water partition coefficient (Wildman–Crippen LogP) is 3.21. The Morgan fingerprint density at radius 2 is 1.57 bits per heavy atom. The molecule has 2 aromatic carbocycles. The van der Waals surface area contributed by atoms with E-state index in [0.29, 0.717) is 51.3 Å². The lowest BCUT2D eigenvalue weighted by atomic mass is 10.00. The number of fused-ring (bicyclic) bond motifs is 1. The highest BCUT2D eigenvalue weighted by Gasteiger charge is 2.36. The Bertz CT molecular complexity index is 1180. The minimum atomic E-state index is -0.416. The molecular formula is C28H30N4O3. The van der Waals surface area contributed by atoms with E-state index < -0.39 is 6.04 Å². The molecule has 0 bridgehead atoms. The van der Waals surface area contributed by atoms with Gasteiger partial charge in [0.25, 0.3) is 0 Å². The molecule has 2 aliphatic rings. The molecule has 1 aromatic heterocycles. The summed E-state index contributed by atoms with van der Waals surface area (Å²) in [4.78, 5) is 42.9. The largest absolute Gasteiger partial charge is 0.350 e. The Hall–Kier alpha value is -3.71. The monoisotopic (exact) mass is 470 g/mol. The lowest BCUT2D eigenvalue weighted by Crippen LogP contribution is -2.53. The molecule has 1 saturated heterocycles. The molecule has 2 atom stereocenters. The van der Waals surface area contributed by atoms with Crippen LogP contribution in [0, 0.1) is 0 Å². The maximum atomic E-state index is 13.4. The van der Waals surface area contributed by atoms with Gasteiger partial charge in [-0.15, -0.1) is 0 Å². The first-order valence-corrected chi connectivity index (χ1v) is 12.2. The second-order valence-corrected chi connectivity index (χ2v) is 9.16. The zero-order chi connectivity index (χ0) is 24.2. The zero-order valence-electron chi connectivity index (χ0n) is 19.7. The summed E-state index contributed by atoms with van der Waals surface area (Å²) in [5, 5.41) is 3.10. The van der Waals surface area contributed by atoms with Gasteiger partial charge in [-0.05, 0) is 29.7 Å². The van der Waals surface area contributed by atoms with Gasteiger partial charge >= 0.3 is 0 Å². The number of nitrogens with zero attached hydrogens (tertiary/aromatic N) is 3. The van der Waals surface area contributed by atoms with Crippen LogP contribution in [0.5, 0.6) is 0 Å². The molecule has 0 radical (unpaired) electrons. The van der Waals surface area contributed by atoms with Crippen LogP contribution in [-0.4, -0.2) is 58.1 Å². The van der Waals surface area contributed by atoms with Crippen molar-refractivity contribution < 1.29 is 14.4 Å². The van der Waals surface area contributed by atoms with Gasteiger partial charge in [-0.2, -0.15) is 0 Å². The van der Waals surface area contributed by atoms with Gasteiger partial charge in [0.2, 0.25) is 11.8 Å². The van der Waals surface area contributed by atoms with Crippen LogP contribution in [0.15, 0.2) is 79.0 Å². The fourth-order valence-electron chi connectivity index (χ4n) is 5.14. The first kappa shape index (κ1) is 23.1. The summed E-state index contributed by atoms with van der Waals surface area (Å²) in [7, 11) is 0. The smallest absolute Gasteiger partial charge is 0.245 e. The third-order valence-corrected chi connectivity index (χ3v) is 6.99. The number of rotatable bonds is 6. The number of nitrogens with one attached hydrogen (secondary N) is 1. The highest BCUT2D eigenvalue weighted by Crippen LogP contribution is 2.29. The molecule has 1 fully saturated rings. The maximum Gasteiger partial charge on any atom is 0.245 e. The minimum absolute atomic E-state index is 0.0393. The molecule has 3 aromatic rings. The molecule has 35 heavy (non-hydrogen) atoms. The van der Waals surface area contributed by atoms with Crippen LogP contribution in [0.3, 0.4) is 0 Å². The summed E-state index contributed by atoms with van der Waals surface area (Å²) in [6, 6.07) is 22.6. The van der Waals surface area contributed by atoms with Gasteiger partial charge in [-0.3, -0.25) is 19.3 Å². The lowest BCUT2D eigenvalue weighted by Gasteiger charge is -2.40. The van der Waals surface area contributed by atoms with Crippen molar-refractivity contribution in [2.45, 2.75) is 31.5 Å². The number of Topliss-reactive ketones (excluding diaryl/α,β-unsaturated/α-hetero) is 1. The number of aromatic nitrogens is 1. The van der Waals surface area contributed by atoms with Crippen LogP contribution in [0.4, 0.5) is 0 Å². The van der Waals surface area contributed by atoms with Crippen molar-refractivity contribution in [1.82, 2.24) is 19.7 Å². The SMILES string of the molecule is O=C1CCC(C(=O)N2CCN(C(C(=O)NCc3ccccc3)c3ccccc3)CC2)n2cccc21. The van der Waals surface area contributed by atoms with E-state index in [1.165, 1.54) is 0 Å². The van der Waals surface area contributed by atoms with Crippen molar-refractivity contribution in [3.05, 3.63) is 95.8 Å². The molecule has 2 aliphatic heterocycles. The first-order valence-electron chi connectivity index (χ1n) is 12.2. The molecule has 5 rings (SSSR count). The summed E-state index contributed by atoms with van der Waals surface area (Å²) in [6.45, 7) is 2.79. The van der Waals surface area contributed by atoms with E-state index in [2.05, 4.69) is 10.2 Å². The third-order valence-electron chi connectivity index (χ3n) is 6.99. The van der Waals surface area contributed by atoms with E-state index in [1.807, 2.05) is 82.4 Å². The highest BCUT2D eigenvalue weighted by molar-refractivity contribution is 5.97. The molecule has 2 unspecified atom stereocenters. The standard InChI is InChI=1S/C28H30N4O3/c33-25-14-13-24(32-15-7-12-23(25)32)28(35)31-18-16-30(17-19-31)26(22-10-5-2-6-11-22)27(34)29-20-21-8-3-1-4-9-21/h1-12,15,24,26H,13-14,16-20H2,(H,29,34). The maximum absolute atomic E-state index is 13.4. The molecule has 0 aliphatic carbocycles. The van der Waals surface area contributed by atoms with E-state index >= 15 is 0 Å². The van der Waals surface area contributed by atoms with Gasteiger partial charge in [0.1, 0.15) is 12.1 Å². The summed E-state index contributed by atoms with van der Waals surface area (Å²) in [5.41, 5.74) is 2.62. The van der Waals surface area contributed by atoms with Crippen LogP contribution < -0.4 is 5.32 Å². The summed E-state index contributed by atoms with van der Waals surface area (Å²) < 4.78 is 1.82. The number of amides is 2. The van der Waals surface area contributed by atoms with E-state index in [9.17, 15) is 14.4 Å². The van der Waals surface area contributed by atoms with E-state index in [4.69, 9.17) is 0 Å². The number of hydrogen-bond donors (Lipinski definition) is 1. The fourth-order valence-corrected chi connectivity index (χ4v) is 5.14. The molecule has 180 valence electrons. The number of piperazine rings is 1. The number of benzene rings is 2. The fraction of sp³-hybridized carbons (Fsp3) is 0.321. The molecule has 2 amide bonds. The summed E-state index contributed by atoms with van der Waals surface area (Å²) in [6.07, 6.45) is 2.76. The van der Waals surface area contributed by atoms with E-state index in [0.717, 1.165) is 11.1 Å².